The third-order valence-corrected chi connectivity index (χ3v) is 3.45. The van der Waals surface area contributed by atoms with Crippen LogP contribution in [-0.4, -0.2) is 18.9 Å². The van der Waals surface area contributed by atoms with Gasteiger partial charge in [0.1, 0.15) is 5.92 Å². The SMILES string of the molecule is COC(=O)[C@H]1CCc2sccc2C1=O. The van der Waals surface area contributed by atoms with Crippen molar-refractivity contribution < 1.29 is 14.3 Å². The molecule has 3 nitrogen and oxygen atoms in total. The number of carbonyl (C=O) groups is 2. The van der Waals surface area contributed by atoms with Crippen LogP contribution < -0.4 is 0 Å². The molecule has 0 amide bonds. The Hall–Kier alpha value is -1.16. The highest BCUT2D eigenvalue weighted by Crippen LogP contribution is 2.29. The molecular weight excluding hydrogens is 200 g/mol. The number of rotatable bonds is 1. The number of Topliss-reactive ketones (excluding diaryl/α,β-unsaturated/α-hetero) is 1. The Morgan fingerprint density at radius 1 is 1.64 bits per heavy atom. The van der Waals surface area contributed by atoms with Crippen molar-refractivity contribution in [1.82, 2.24) is 0 Å². The highest BCUT2D eigenvalue weighted by Gasteiger charge is 2.33. The summed E-state index contributed by atoms with van der Waals surface area (Å²) in [6.45, 7) is 0. The fourth-order valence-electron chi connectivity index (χ4n) is 1.72. The van der Waals surface area contributed by atoms with Crippen molar-refractivity contribution in [3.8, 4) is 0 Å². The summed E-state index contributed by atoms with van der Waals surface area (Å²) in [6, 6.07) is 1.79. The molecule has 0 aromatic carbocycles. The van der Waals surface area contributed by atoms with Gasteiger partial charge >= 0.3 is 5.97 Å². The highest BCUT2D eigenvalue weighted by molar-refractivity contribution is 7.10. The third-order valence-electron chi connectivity index (χ3n) is 2.47. The molecule has 1 aromatic heterocycles. The van der Waals surface area contributed by atoms with E-state index in [0.29, 0.717) is 12.0 Å². The average molecular weight is 210 g/mol. The molecule has 0 spiro atoms. The first-order valence-corrected chi connectivity index (χ1v) is 5.30. The standard InChI is InChI=1S/C10H10O3S/c1-13-10(12)7-2-3-8-6(9(7)11)4-5-14-8/h4-5,7H,2-3H2,1H3/t7-/m0/s1. The van der Waals surface area contributed by atoms with Gasteiger partial charge < -0.3 is 4.74 Å². The molecule has 2 rings (SSSR count). The minimum Gasteiger partial charge on any atom is -0.468 e. The summed E-state index contributed by atoms with van der Waals surface area (Å²) in [5.74, 6) is -1.08. The maximum Gasteiger partial charge on any atom is 0.316 e. The van der Waals surface area contributed by atoms with E-state index in [1.165, 1.54) is 7.11 Å². The Labute approximate surface area is 85.7 Å². The minimum atomic E-state index is -0.581. The van der Waals surface area contributed by atoms with Crippen LogP contribution in [0.5, 0.6) is 0 Å². The Morgan fingerprint density at radius 2 is 2.43 bits per heavy atom. The Balaban J connectivity index is 2.30. The second kappa shape index (κ2) is 3.53. The molecule has 1 heterocycles. The largest absolute Gasteiger partial charge is 0.468 e. The van der Waals surface area contributed by atoms with Gasteiger partial charge in [-0.05, 0) is 24.3 Å². The van der Waals surface area contributed by atoms with E-state index in [-0.39, 0.29) is 5.78 Å². The first-order valence-electron chi connectivity index (χ1n) is 4.42. The summed E-state index contributed by atoms with van der Waals surface area (Å²) in [7, 11) is 1.32. The lowest BCUT2D eigenvalue weighted by molar-refractivity contribution is -0.143. The predicted molar refractivity (Wildman–Crippen MR) is 52.5 cm³/mol. The fraction of sp³-hybridized carbons (Fsp3) is 0.400. The van der Waals surface area contributed by atoms with E-state index in [0.717, 1.165) is 11.3 Å². The second-order valence-electron chi connectivity index (χ2n) is 3.24. The van der Waals surface area contributed by atoms with Crippen molar-refractivity contribution in [2.24, 2.45) is 5.92 Å². The van der Waals surface area contributed by atoms with Gasteiger partial charge in [0.2, 0.25) is 0 Å². The van der Waals surface area contributed by atoms with Crippen LogP contribution >= 0.6 is 11.3 Å². The first kappa shape index (κ1) is 9.40. The quantitative estimate of drug-likeness (QED) is 0.523. The smallest absolute Gasteiger partial charge is 0.316 e. The molecule has 0 aliphatic heterocycles. The zero-order valence-electron chi connectivity index (χ0n) is 7.78. The second-order valence-corrected chi connectivity index (χ2v) is 4.24. The van der Waals surface area contributed by atoms with Crippen LogP contribution in [0, 0.1) is 5.92 Å². The number of ether oxygens (including phenoxy) is 1. The Kier molecular flexibility index (Phi) is 2.37. The van der Waals surface area contributed by atoms with Crippen molar-refractivity contribution in [3.63, 3.8) is 0 Å². The number of hydrogen-bond donors (Lipinski definition) is 0. The van der Waals surface area contributed by atoms with Gasteiger partial charge in [-0.25, -0.2) is 0 Å². The molecule has 1 atom stereocenters. The molecule has 0 radical (unpaired) electrons. The zero-order chi connectivity index (χ0) is 10.1. The van der Waals surface area contributed by atoms with Crippen LogP contribution in [0.4, 0.5) is 0 Å². The lowest BCUT2D eigenvalue weighted by Crippen LogP contribution is -2.29. The lowest BCUT2D eigenvalue weighted by Gasteiger charge is -2.18. The van der Waals surface area contributed by atoms with Gasteiger partial charge in [-0.1, -0.05) is 0 Å². The van der Waals surface area contributed by atoms with Gasteiger partial charge in [0, 0.05) is 10.4 Å². The number of esters is 1. The van der Waals surface area contributed by atoms with Gasteiger partial charge in [0.25, 0.3) is 0 Å². The van der Waals surface area contributed by atoms with Crippen molar-refractivity contribution in [1.29, 1.82) is 0 Å². The molecule has 1 aromatic rings. The highest BCUT2D eigenvalue weighted by atomic mass is 32.1. The minimum absolute atomic E-state index is 0.0839. The van der Waals surface area contributed by atoms with Crippen molar-refractivity contribution in [2.45, 2.75) is 12.8 Å². The molecule has 0 N–H and O–H groups in total. The van der Waals surface area contributed by atoms with Crippen molar-refractivity contribution >= 4 is 23.1 Å². The van der Waals surface area contributed by atoms with Crippen LogP contribution in [0.3, 0.4) is 0 Å². The van der Waals surface area contributed by atoms with E-state index in [9.17, 15) is 9.59 Å². The first-order chi connectivity index (χ1) is 6.74. The van der Waals surface area contributed by atoms with Crippen molar-refractivity contribution in [2.75, 3.05) is 7.11 Å². The van der Waals surface area contributed by atoms with Gasteiger partial charge in [-0.2, -0.15) is 0 Å². The molecule has 4 heteroatoms. The molecule has 0 fully saturated rings. The normalized spacial score (nSPS) is 20.4. The fourth-order valence-corrected chi connectivity index (χ4v) is 2.61. The number of ketones is 1. The number of aryl methyl sites for hydroxylation is 1. The van der Waals surface area contributed by atoms with Crippen LogP contribution in [0.2, 0.25) is 0 Å². The topological polar surface area (TPSA) is 43.4 Å². The van der Waals surface area contributed by atoms with Gasteiger partial charge in [-0.3, -0.25) is 9.59 Å². The zero-order valence-corrected chi connectivity index (χ0v) is 8.60. The predicted octanol–water partition coefficient (Wildman–Crippen LogP) is 1.67. The molecule has 0 unspecified atom stereocenters. The van der Waals surface area contributed by atoms with Crippen LogP contribution in [0.25, 0.3) is 0 Å². The summed E-state index contributed by atoms with van der Waals surface area (Å²) in [6.07, 6.45) is 1.39. The number of thiophene rings is 1. The molecule has 1 aliphatic carbocycles. The number of methoxy groups -OCH3 is 1. The van der Waals surface area contributed by atoms with Gasteiger partial charge in [0.05, 0.1) is 7.11 Å². The summed E-state index contributed by atoms with van der Waals surface area (Å²) in [5, 5.41) is 1.89. The molecule has 0 bridgehead atoms. The summed E-state index contributed by atoms with van der Waals surface area (Å²) in [5.41, 5.74) is 0.705. The maximum absolute atomic E-state index is 11.8. The summed E-state index contributed by atoms with van der Waals surface area (Å²) in [4.78, 5) is 24.1. The molecule has 0 saturated carbocycles. The van der Waals surface area contributed by atoms with E-state index in [1.807, 2.05) is 5.38 Å². The van der Waals surface area contributed by atoms with Crippen LogP contribution in [0.1, 0.15) is 21.7 Å². The van der Waals surface area contributed by atoms with E-state index < -0.39 is 11.9 Å². The third kappa shape index (κ3) is 1.35. The Morgan fingerprint density at radius 3 is 3.14 bits per heavy atom. The van der Waals surface area contributed by atoms with E-state index in [4.69, 9.17) is 0 Å². The van der Waals surface area contributed by atoms with Crippen LogP contribution in [0.15, 0.2) is 11.4 Å². The van der Waals surface area contributed by atoms with E-state index in [1.54, 1.807) is 17.4 Å². The van der Waals surface area contributed by atoms with Gasteiger partial charge in [0.15, 0.2) is 5.78 Å². The molecule has 14 heavy (non-hydrogen) atoms. The number of fused-ring (bicyclic) bond motifs is 1. The summed E-state index contributed by atoms with van der Waals surface area (Å²) < 4.78 is 4.60. The maximum atomic E-state index is 11.8. The summed E-state index contributed by atoms with van der Waals surface area (Å²) >= 11 is 1.58. The van der Waals surface area contributed by atoms with Gasteiger partial charge in [-0.15, -0.1) is 11.3 Å². The molecule has 74 valence electrons. The molecular formula is C10H10O3S. The lowest BCUT2D eigenvalue weighted by atomic mass is 9.87. The monoisotopic (exact) mass is 210 g/mol. The van der Waals surface area contributed by atoms with Crippen LogP contribution in [-0.2, 0) is 16.0 Å². The Bertz CT molecular complexity index is 380. The number of hydrogen-bond acceptors (Lipinski definition) is 4. The van der Waals surface area contributed by atoms with Crippen molar-refractivity contribution in [3.05, 3.63) is 21.9 Å². The van der Waals surface area contributed by atoms with E-state index in [2.05, 4.69) is 4.74 Å². The van der Waals surface area contributed by atoms with E-state index >= 15 is 0 Å². The molecule has 0 saturated heterocycles. The average Bonchev–Trinajstić information content (AvgIpc) is 2.66. The molecule has 1 aliphatic rings. The number of carbonyl (C=O) groups excluding carboxylic acids is 2.